The molecule has 6 nitrogen and oxygen atoms in total. The first-order valence-electron chi connectivity index (χ1n) is 9.58. The molecule has 3 rings (SSSR count). The monoisotopic (exact) mass is 392 g/mol. The molecule has 0 aromatic heterocycles. The fraction of sp³-hybridized carbons (Fsp3) is 0.261. The topological polar surface area (TPSA) is 84.5 Å². The number of hydrogen-bond acceptors (Lipinski definition) is 4. The van der Waals surface area contributed by atoms with Crippen molar-refractivity contribution in [2.75, 3.05) is 6.61 Å². The van der Waals surface area contributed by atoms with Gasteiger partial charge in [-0.05, 0) is 42.7 Å². The van der Waals surface area contributed by atoms with Gasteiger partial charge in [-0.25, -0.2) is 0 Å². The summed E-state index contributed by atoms with van der Waals surface area (Å²) in [6.45, 7) is 1.42. The number of rotatable bonds is 6. The van der Waals surface area contributed by atoms with E-state index < -0.39 is 5.97 Å². The zero-order valence-corrected chi connectivity index (χ0v) is 16.3. The zero-order valence-electron chi connectivity index (χ0n) is 16.3. The van der Waals surface area contributed by atoms with Crippen LogP contribution in [-0.2, 0) is 9.53 Å². The highest BCUT2D eigenvalue weighted by molar-refractivity contribution is 5.95. The van der Waals surface area contributed by atoms with E-state index in [1.807, 2.05) is 30.3 Å². The summed E-state index contributed by atoms with van der Waals surface area (Å²) >= 11 is 0. The minimum Gasteiger partial charge on any atom is -0.461 e. The molecule has 150 valence electrons. The highest BCUT2D eigenvalue weighted by atomic mass is 16.5. The van der Waals surface area contributed by atoms with E-state index in [1.54, 1.807) is 36.4 Å². The van der Waals surface area contributed by atoms with E-state index in [4.69, 9.17) is 4.74 Å². The summed E-state index contributed by atoms with van der Waals surface area (Å²) in [5.74, 6) is -0.740. The molecule has 1 aliphatic carbocycles. The Hall–Kier alpha value is -3.41. The SMILES string of the molecule is CC(=O)OCC1=C[C@@H](NC(=O)c2ccccc2)CC[C@H]1NC(=O)c1ccccc1. The molecule has 0 saturated heterocycles. The van der Waals surface area contributed by atoms with Crippen molar-refractivity contribution in [3.8, 4) is 0 Å². The van der Waals surface area contributed by atoms with Crippen LogP contribution in [0.2, 0.25) is 0 Å². The molecule has 0 spiro atoms. The summed E-state index contributed by atoms with van der Waals surface area (Å²) in [6.07, 6.45) is 3.18. The molecular weight excluding hydrogens is 368 g/mol. The lowest BCUT2D eigenvalue weighted by molar-refractivity contribution is -0.140. The van der Waals surface area contributed by atoms with Crippen LogP contribution in [0.5, 0.6) is 0 Å². The fourth-order valence-corrected chi connectivity index (χ4v) is 3.27. The van der Waals surface area contributed by atoms with E-state index in [-0.39, 0.29) is 30.5 Å². The number of carbonyl (C=O) groups is 3. The van der Waals surface area contributed by atoms with Gasteiger partial charge in [0.2, 0.25) is 0 Å². The summed E-state index contributed by atoms with van der Waals surface area (Å²) in [5.41, 5.74) is 1.93. The fourth-order valence-electron chi connectivity index (χ4n) is 3.27. The maximum Gasteiger partial charge on any atom is 0.302 e. The normalized spacial score (nSPS) is 18.3. The van der Waals surface area contributed by atoms with Crippen molar-refractivity contribution in [2.24, 2.45) is 0 Å². The van der Waals surface area contributed by atoms with Crippen LogP contribution in [0.4, 0.5) is 0 Å². The molecule has 2 aromatic carbocycles. The number of benzene rings is 2. The number of carbonyl (C=O) groups excluding carboxylic acids is 3. The number of nitrogens with one attached hydrogen (secondary N) is 2. The smallest absolute Gasteiger partial charge is 0.302 e. The average Bonchev–Trinajstić information content (AvgIpc) is 2.74. The van der Waals surface area contributed by atoms with E-state index in [2.05, 4.69) is 10.6 Å². The standard InChI is InChI=1S/C23H24N2O4/c1-16(26)29-15-19-14-20(24-22(27)17-8-4-2-5-9-17)12-13-21(19)25-23(28)18-10-6-3-7-11-18/h2-11,14,20-21H,12-13,15H2,1H3,(H,24,27)(H,25,28)/t20-,21+/m0/s1. The molecule has 0 radical (unpaired) electrons. The summed E-state index contributed by atoms with van der Waals surface area (Å²) < 4.78 is 5.17. The van der Waals surface area contributed by atoms with E-state index in [0.29, 0.717) is 24.0 Å². The molecule has 6 heteroatoms. The number of esters is 1. The molecule has 0 bridgehead atoms. The van der Waals surface area contributed by atoms with Crippen LogP contribution in [0.1, 0.15) is 40.5 Å². The number of ether oxygens (including phenoxy) is 1. The van der Waals surface area contributed by atoms with Gasteiger partial charge in [-0.2, -0.15) is 0 Å². The lowest BCUT2D eigenvalue weighted by atomic mass is 9.90. The van der Waals surface area contributed by atoms with Gasteiger partial charge >= 0.3 is 5.97 Å². The molecule has 1 aliphatic rings. The van der Waals surface area contributed by atoms with Gasteiger partial charge in [-0.1, -0.05) is 42.5 Å². The van der Waals surface area contributed by atoms with Crippen LogP contribution in [-0.4, -0.2) is 36.5 Å². The Labute approximate surface area is 170 Å². The molecule has 0 aliphatic heterocycles. The van der Waals surface area contributed by atoms with Crippen molar-refractivity contribution in [3.05, 3.63) is 83.4 Å². The molecule has 29 heavy (non-hydrogen) atoms. The Morgan fingerprint density at radius 3 is 1.97 bits per heavy atom. The van der Waals surface area contributed by atoms with Crippen LogP contribution >= 0.6 is 0 Å². The van der Waals surface area contributed by atoms with Crippen LogP contribution in [0, 0.1) is 0 Å². The van der Waals surface area contributed by atoms with Crippen molar-refractivity contribution in [2.45, 2.75) is 31.8 Å². The zero-order chi connectivity index (χ0) is 20.6. The van der Waals surface area contributed by atoms with Crippen LogP contribution in [0.15, 0.2) is 72.3 Å². The molecule has 2 amide bonds. The third kappa shape index (κ3) is 5.78. The Kier molecular flexibility index (Phi) is 6.79. The van der Waals surface area contributed by atoms with Gasteiger partial charge in [-0.15, -0.1) is 0 Å². The second-order valence-corrected chi connectivity index (χ2v) is 6.94. The lowest BCUT2D eigenvalue weighted by Gasteiger charge is -2.30. The second kappa shape index (κ2) is 9.68. The predicted octanol–water partition coefficient (Wildman–Crippen LogP) is 2.87. The first-order valence-corrected chi connectivity index (χ1v) is 9.58. The van der Waals surface area contributed by atoms with Gasteiger partial charge in [0.05, 0.1) is 6.04 Å². The maximum absolute atomic E-state index is 12.5. The lowest BCUT2D eigenvalue weighted by Crippen LogP contribution is -2.44. The van der Waals surface area contributed by atoms with Crippen molar-refractivity contribution >= 4 is 17.8 Å². The Morgan fingerprint density at radius 2 is 1.41 bits per heavy atom. The quantitative estimate of drug-likeness (QED) is 0.585. The average molecular weight is 392 g/mol. The van der Waals surface area contributed by atoms with Gasteiger partial charge in [-0.3, -0.25) is 14.4 Å². The minimum atomic E-state index is -0.394. The molecular formula is C23H24N2O4. The van der Waals surface area contributed by atoms with Gasteiger partial charge in [0.1, 0.15) is 6.61 Å². The van der Waals surface area contributed by atoms with Crippen molar-refractivity contribution < 1.29 is 19.1 Å². The molecule has 2 N–H and O–H groups in total. The molecule has 2 aromatic rings. The number of hydrogen-bond donors (Lipinski definition) is 2. The predicted molar refractivity (Wildman–Crippen MR) is 109 cm³/mol. The van der Waals surface area contributed by atoms with Crippen molar-refractivity contribution in [1.29, 1.82) is 0 Å². The maximum atomic E-state index is 12.5. The summed E-state index contributed by atoms with van der Waals surface area (Å²) in [6, 6.07) is 17.5. The van der Waals surface area contributed by atoms with E-state index in [9.17, 15) is 14.4 Å². The molecule has 0 heterocycles. The van der Waals surface area contributed by atoms with Crippen molar-refractivity contribution in [3.63, 3.8) is 0 Å². The van der Waals surface area contributed by atoms with E-state index in [0.717, 1.165) is 5.57 Å². The largest absolute Gasteiger partial charge is 0.461 e. The highest BCUT2D eigenvalue weighted by Gasteiger charge is 2.26. The Morgan fingerprint density at radius 1 is 0.862 bits per heavy atom. The van der Waals surface area contributed by atoms with Crippen LogP contribution in [0.25, 0.3) is 0 Å². The first-order chi connectivity index (χ1) is 14.0. The summed E-state index contributed by atoms with van der Waals surface area (Å²) in [7, 11) is 0. The first kappa shape index (κ1) is 20.3. The minimum absolute atomic E-state index is 0.0762. The van der Waals surface area contributed by atoms with Gasteiger partial charge in [0.15, 0.2) is 0 Å². The number of amides is 2. The molecule has 2 atom stereocenters. The van der Waals surface area contributed by atoms with Gasteiger partial charge < -0.3 is 15.4 Å². The third-order valence-electron chi connectivity index (χ3n) is 4.77. The Balaban J connectivity index is 1.71. The summed E-state index contributed by atoms with van der Waals surface area (Å²) in [5, 5.41) is 5.99. The second-order valence-electron chi connectivity index (χ2n) is 6.94. The van der Waals surface area contributed by atoms with E-state index >= 15 is 0 Å². The van der Waals surface area contributed by atoms with Crippen LogP contribution < -0.4 is 10.6 Å². The van der Waals surface area contributed by atoms with Gasteiger partial charge in [0.25, 0.3) is 11.8 Å². The highest BCUT2D eigenvalue weighted by Crippen LogP contribution is 2.21. The van der Waals surface area contributed by atoms with Gasteiger partial charge in [0, 0.05) is 24.1 Å². The third-order valence-corrected chi connectivity index (χ3v) is 4.77. The summed E-state index contributed by atoms with van der Waals surface area (Å²) in [4.78, 5) is 36.2. The molecule has 0 saturated carbocycles. The molecule has 0 unspecified atom stereocenters. The van der Waals surface area contributed by atoms with Crippen molar-refractivity contribution in [1.82, 2.24) is 10.6 Å². The Bertz CT molecular complexity index is 894. The molecule has 0 fully saturated rings. The van der Waals surface area contributed by atoms with Crippen LogP contribution in [0.3, 0.4) is 0 Å². The van der Waals surface area contributed by atoms with E-state index in [1.165, 1.54) is 6.92 Å².